The van der Waals surface area contributed by atoms with Gasteiger partial charge >= 0.3 is 0 Å². The monoisotopic (exact) mass is 517 g/mol. The smallest absolute Gasteiger partial charge is 0.229 e. The second kappa shape index (κ2) is 10.2. The van der Waals surface area contributed by atoms with Crippen LogP contribution in [0, 0.1) is 10.8 Å². The molecule has 1 amide bonds. The zero-order valence-electron chi connectivity index (χ0n) is 24.4. The van der Waals surface area contributed by atoms with E-state index in [1.807, 2.05) is 69.4 Å². The van der Waals surface area contributed by atoms with Gasteiger partial charge in [0.25, 0.3) is 0 Å². The average Bonchev–Trinajstić information content (AvgIpc) is 2.82. The molecule has 0 aliphatic carbocycles. The van der Waals surface area contributed by atoms with E-state index in [4.69, 9.17) is 14.7 Å². The third kappa shape index (κ3) is 6.44. The van der Waals surface area contributed by atoms with Gasteiger partial charge in [-0.1, -0.05) is 47.6 Å². The fourth-order valence-electron chi connectivity index (χ4n) is 4.82. The van der Waals surface area contributed by atoms with Gasteiger partial charge in [0.1, 0.15) is 17.3 Å². The zero-order valence-corrected chi connectivity index (χ0v) is 24.4. The van der Waals surface area contributed by atoms with Crippen LogP contribution in [0.2, 0.25) is 0 Å². The molecule has 1 fully saturated rings. The van der Waals surface area contributed by atoms with Crippen molar-refractivity contribution in [2.75, 3.05) is 29.9 Å². The molecular formula is C31H43N5O2. The lowest BCUT2D eigenvalue weighted by Crippen LogP contribution is -2.63. The minimum atomic E-state index is -0.474. The number of amides is 1. The van der Waals surface area contributed by atoms with Crippen LogP contribution in [0.1, 0.15) is 62.3 Å². The number of rotatable bonds is 4. The minimum Gasteiger partial charge on any atom is -0.457 e. The summed E-state index contributed by atoms with van der Waals surface area (Å²) in [6.45, 7) is 22.3. The number of aromatic nitrogens is 2. The first-order chi connectivity index (χ1) is 17.6. The molecule has 0 spiro atoms. The highest BCUT2D eigenvalue weighted by molar-refractivity contribution is 5.94. The van der Waals surface area contributed by atoms with Crippen molar-refractivity contribution in [2.45, 2.75) is 73.9 Å². The number of carbonyl (C=O) groups is 1. The predicted octanol–water partition coefficient (Wildman–Crippen LogP) is 6.74. The zero-order chi connectivity index (χ0) is 27.9. The lowest BCUT2D eigenvalue weighted by Gasteiger charge is -2.52. The maximum Gasteiger partial charge on any atom is 0.229 e. The number of fused-ring (bicyclic) bond motifs is 1. The molecular weight excluding hydrogens is 474 g/mol. The van der Waals surface area contributed by atoms with E-state index in [1.54, 1.807) is 0 Å². The van der Waals surface area contributed by atoms with Crippen molar-refractivity contribution in [3.05, 3.63) is 48.7 Å². The van der Waals surface area contributed by atoms with E-state index in [9.17, 15) is 4.79 Å². The first-order valence-electron chi connectivity index (χ1n) is 13.5. The number of hydrogen-bond donors (Lipinski definition) is 1. The van der Waals surface area contributed by atoms with Gasteiger partial charge in [-0.25, -0.2) is 4.98 Å². The van der Waals surface area contributed by atoms with Crippen LogP contribution >= 0.6 is 0 Å². The highest BCUT2D eigenvalue weighted by Gasteiger charge is 2.40. The molecule has 1 atom stereocenters. The first kappa shape index (κ1) is 27.8. The number of hydrogen-bond acceptors (Lipinski definition) is 6. The fraction of sp³-hybridized carbons (Fsp3) is 0.516. The standard InChI is InChI=1S/C31H43N5O2/c1-29(2,3)26-20-35(15-16-36(26)31(7,8)9)27-19-32-24-14-13-23(18-25(24)34-27)38-22-12-10-11-21(17-22)33-28(37)30(4,5)6/h10-14,17-19,26H,15-16,20H2,1-9H3,(H,33,37). The average molecular weight is 518 g/mol. The van der Waals surface area contributed by atoms with Gasteiger partial charge in [0.05, 0.1) is 17.2 Å². The lowest BCUT2D eigenvalue weighted by molar-refractivity contribution is -0.123. The quantitative estimate of drug-likeness (QED) is 0.413. The van der Waals surface area contributed by atoms with E-state index in [-0.39, 0.29) is 16.9 Å². The Balaban J connectivity index is 1.55. The molecule has 2 heterocycles. The van der Waals surface area contributed by atoms with Crippen LogP contribution in [0.3, 0.4) is 0 Å². The van der Waals surface area contributed by atoms with Crippen molar-refractivity contribution in [1.29, 1.82) is 0 Å². The van der Waals surface area contributed by atoms with E-state index in [1.165, 1.54) is 0 Å². The highest BCUT2D eigenvalue weighted by Crippen LogP contribution is 2.34. The number of ether oxygens (including phenoxy) is 1. The summed E-state index contributed by atoms with van der Waals surface area (Å²) in [5.74, 6) is 2.17. The Labute approximate surface area is 227 Å². The molecule has 3 aromatic rings. The van der Waals surface area contributed by atoms with Gasteiger partial charge in [-0.05, 0) is 50.5 Å². The molecule has 38 heavy (non-hydrogen) atoms. The van der Waals surface area contributed by atoms with Crippen LogP contribution in [-0.4, -0.2) is 52.0 Å². The van der Waals surface area contributed by atoms with Crippen molar-refractivity contribution >= 4 is 28.4 Å². The summed E-state index contributed by atoms with van der Waals surface area (Å²) < 4.78 is 6.15. The molecule has 1 aliphatic rings. The predicted molar refractivity (Wildman–Crippen MR) is 156 cm³/mol. The first-order valence-corrected chi connectivity index (χ1v) is 13.5. The lowest BCUT2D eigenvalue weighted by atomic mass is 9.82. The van der Waals surface area contributed by atoms with E-state index < -0.39 is 5.41 Å². The van der Waals surface area contributed by atoms with Crippen LogP contribution in [0.15, 0.2) is 48.7 Å². The third-order valence-electron chi connectivity index (χ3n) is 7.08. The molecule has 2 aromatic carbocycles. The molecule has 1 aromatic heterocycles. The van der Waals surface area contributed by atoms with Crippen molar-refractivity contribution < 1.29 is 9.53 Å². The minimum absolute atomic E-state index is 0.0415. The molecule has 0 saturated carbocycles. The molecule has 1 saturated heterocycles. The normalized spacial score (nSPS) is 17.5. The molecule has 7 nitrogen and oxygen atoms in total. The van der Waals surface area contributed by atoms with Crippen molar-refractivity contribution in [1.82, 2.24) is 14.9 Å². The van der Waals surface area contributed by atoms with Gasteiger partial charge in [-0.3, -0.25) is 14.7 Å². The van der Waals surface area contributed by atoms with Gasteiger partial charge < -0.3 is 15.0 Å². The third-order valence-corrected chi connectivity index (χ3v) is 7.08. The molecule has 1 N–H and O–H groups in total. The molecule has 7 heteroatoms. The number of benzene rings is 2. The Morgan fingerprint density at radius 2 is 1.63 bits per heavy atom. The SMILES string of the molecule is CC(C)(C)C(=O)Nc1cccc(Oc2ccc3ncc(N4CCN(C(C)(C)C)C(C(C)(C)C)C4)nc3c2)c1. The summed E-state index contributed by atoms with van der Waals surface area (Å²) in [6, 6.07) is 13.6. The van der Waals surface area contributed by atoms with Crippen molar-refractivity contribution in [3.8, 4) is 11.5 Å². The number of nitrogens with one attached hydrogen (secondary N) is 1. The van der Waals surface area contributed by atoms with Gasteiger partial charge in [0.15, 0.2) is 0 Å². The summed E-state index contributed by atoms with van der Waals surface area (Å²) in [6.07, 6.45) is 1.89. The van der Waals surface area contributed by atoms with Crippen molar-refractivity contribution in [2.24, 2.45) is 10.8 Å². The number of nitrogens with zero attached hydrogens (tertiary/aromatic N) is 4. The molecule has 1 aliphatic heterocycles. The van der Waals surface area contributed by atoms with Gasteiger partial charge in [-0.2, -0.15) is 0 Å². The summed E-state index contributed by atoms with van der Waals surface area (Å²) in [7, 11) is 0. The fourth-order valence-corrected chi connectivity index (χ4v) is 4.82. The molecule has 1 unspecified atom stereocenters. The number of carbonyl (C=O) groups excluding carboxylic acids is 1. The van der Waals surface area contributed by atoms with Crippen LogP contribution in [-0.2, 0) is 4.79 Å². The summed E-state index contributed by atoms with van der Waals surface area (Å²) in [5.41, 5.74) is 2.10. The van der Waals surface area contributed by atoms with Crippen LogP contribution in [0.25, 0.3) is 11.0 Å². The molecule has 0 bridgehead atoms. The van der Waals surface area contributed by atoms with Gasteiger partial charge in [0, 0.05) is 54.5 Å². The second-order valence-corrected chi connectivity index (χ2v) is 13.4. The maximum atomic E-state index is 12.4. The van der Waals surface area contributed by atoms with Gasteiger partial charge in [0.2, 0.25) is 5.91 Å². The Morgan fingerprint density at radius 1 is 0.921 bits per heavy atom. The Bertz CT molecular complexity index is 1300. The van der Waals surface area contributed by atoms with Crippen LogP contribution < -0.4 is 15.0 Å². The van der Waals surface area contributed by atoms with E-state index in [0.717, 1.165) is 36.5 Å². The molecule has 0 radical (unpaired) electrons. The molecule has 204 valence electrons. The Kier molecular flexibility index (Phi) is 7.45. The second-order valence-electron chi connectivity index (χ2n) is 13.4. The van der Waals surface area contributed by atoms with Crippen LogP contribution in [0.4, 0.5) is 11.5 Å². The Morgan fingerprint density at radius 3 is 2.29 bits per heavy atom. The topological polar surface area (TPSA) is 70.6 Å². The Hall–Kier alpha value is -3.19. The summed E-state index contributed by atoms with van der Waals surface area (Å²) in [4.78, 5) is 27.1. The highest BCUT2D eigenvalue weighted by atomic mass is 16.5. The van der Waals surface area contributed by atoms with E-state index in [2.05, 4.69) is 56.7 Å². The van der Waals surface area contributed by atoms with Crippen LogP contribution in [0.5, 0.6) is 11.5 Å². The number of piperazine rings is 1. The largest absolute Gasteiger partial charge is 0.457 e. The summed E-state index contributed by atoms with van der Waals surface area (Å²) >= 11 is 0. The van der Waals surface area contributed by atoms with E-state index >= 15 is 0 Å². The van der Waals surface area contributed by atoms with Gasteiger partial charge in [-0.15, -0.1) is 0 Å². The maximum absolute atomic E-state index is 12.4. The molecule has 4 rings (SSSR count). The summed E-state index contributed by atoms with van der Waals surface area (Å²) in [5, 5.41) is 2.96. The van der Waals surface area contributed by atoms with E-state index in [0.29, 0.717) is 23.2 Å². The van der Waals surface area contributed by atoms with Crippen molar-refractivity contribution in [3.63, 3.8) is 0 Å². The number of anilines is 2.